The lowest BCUT2D eigenvalue weighted by molar-refractivity contribution is -0.120. The lowest BCUT2D eigenvalue weighted by Crippen LogP contribution is -2.28. The molecule has 0 saturated heterocycles. The fourth-order valence-corrected chi connectivity index (χ4v) is 3.21. The third kappa shape index (κ3) is 3.83. The van der Waals surface area contributed by atoms with Crippen LogP contribution in [0.1, 0.15) is 10.4 Å². The van der Waals surface area contributed by atoms with E-state index >= 15 is 0 Å². The number of H-pyrrole nitrogens is 1. The van der Waals surface area contributed by atoms with E-state index in [1.54, 1.807) is 24.5 Å². The van der Waals surface area contributed by atoms with Crippen LogP contribution in [0.2, 0.25) is 0 Å². The second-order valence-corrected chi connectivity index (χ2v) is 6.47. The third-order valence-corrected chi connectivity index (χ3v) is 4.64. The smallest absolute Gasteiger partial charge is 0.251 e. The van der Waals surface area contributed by atoms with Gasteiger partial charge in [0.25, 0.3) is 5.56 Å². The van der Waals surface area contributed by atoms with E-state index in [0.717, 1.165) is 15.8 Å². The molecule has 3 rings (SSSR count). The van der Waals surface area contributed by atoms with Gasteiger partial charge in [0.05, 0.1) is 19.0 Å². The maximum Gasteiger partial charge on any atom is 0.251 e. The highest BCUT2D eigenvalue weighted by molar-refractivity contribution is 7.10. The number of thiophene rings is 1. The number of fused-ring (bicyclic) bond motifs is 1. The van der Waals surface area contributed by atoms with Crippen molar-refractivity contribution in [1.82, 2.24) is 10.3 Å². The molecule has 0 radical (unpaired) electrons. The van der Waals surface area contributed by atoms with Gasteiger partial charge in [0.2, 0.25) is 5.91 Å². The molecule has 0 aliphatic rings. The third-order valence-electron chi connectivity index (χ3n) is 3.76. The van der Waals surface area contributed by atoms with E-state index in [9.17, 15) is 9.59 Å². The minimum Gasteiger partial charge on any atom is -0.497 e. The van der Waals surface area contributed by atoms with Crippen molar-refractivity contribution in [3.05, 3.63) is 62.6 Å². The molecule has 0 atom stereocenters. The van der Waals surface area contributed by atoms with Crippen LogP contribution < -0.4 is 15.6 Å². The van der Waals surface area contributed by atoms with Crippen LogP contribution in [-0.2, 0) is 17.6 Å². The van der Waals surface area contributed by atoms with Gasteiger partial charge in [0, 0.05) is 23.1 Å². The van der Waals surface area contributed by atoms with Gasteiger partial charge in [0.1, 0.15) is 5.75 Å². The maximum atomic E-state index is 12.2. The van der Waals surface area contributed by atoms with Crippen LogP contribution in [-0.4, -0.2) is 24.5 Å². The lowest BCUT2D eigenvalue weighted by Gasteiger charge is -2.07. The molecule has 2 heterocycles. The van der Waals surface area contributed by atoms with Gasteiger partial charge < -0.3 is 15.0 Å². The Bertz CT molecular complexity index is 900. The number of aromatic amines is 1. The van der Waals surface area contributed by atoms with E-state index in [-0.39, 0.29) is 11.5 Å². The van der Waals surface area contributed by atoms with Crippen LogP contribution in [0.5, 0.6) is 5.75 Å². The van der Waals surface area contributed by atoms with Crippen LogP contribution in [0.15, 0.2) is 46.6 Å². The number of amides is 1. The Morgan fingerprint density at radius 1 is 1.29 bits per heavy atom. The van der Waals surface area contributed by atoms with E-state index in [1.807, 2.05) is 35.7 Å². The minimum atomic E-state index is -0.136. The summed E-state index contributed by atoms with van der Waals surface area (Å²) in [6, 6.07) is 11.3. The van der Waals surface area contributed by atoms with Crippen molar-refractivity contribution in [2.45, 2.75) is 12.8 Å². The van der Waals surface area contributed by atoms with Crippen molar-refractivity contribution in [2.75, 3.05) is 13.7 Å². The molecule has 0 saturated carbocycles. The first kappa shape index (κ1) is 16.3. The molecule has 0 unspecified atom stereocenters. The second-order valence-electron chi connectivity index (χ2n) is 5.43. The Morgan fingerprint density at radius 2 is 2.17 bits per heavy atom. The number of pyridine rings is 1. The summed E-state index contributed by atoms with van der Waals surface area (Å²) in [6.45, 7) is 0.439. The van der Waals surface area contributed by atoms with Gasteiger partial charge in [-0.1, -0.05) is 6.07 Å². The normalized spacial score (nSPS) is 10.7. The quantitative estimate of drug-likeness (QED) is 0.723. The van der Waals surface area contributed by atoms with Crippen molar-refractivity contribution in [1.29, 1.82) is 0 Å². The summed E-state index contributed by atoms with van der Waals surface area (Å²) in [7, 11) is 1.59. The number of rotatable bonds is 6. The highest BCUT2D eigenvalue weighted by Crippen LogP contribution is 2.18. The van der Waals surface area contributed by atoms with Gasteiger partial charge in [0.15, 0.2) is 0 Å². The summed E-state index contributed by atoms with van der Waals surface area (Å²) in [5, 5.41) is 5.75. The Hall–Kier alpha value is -2.60. The summed E-state index contributed by atoms with van der Waals surface area (Å²) < 4.78 is 5.16. The molecule has 1 aromatic carbocycles. The first-order chi connectivity index (χ1) is 11.7. The molecule has 2 aromatic heterocycles. The number of benzene rings is 1. The van der Waals surface area contributed by atoms with Crippen molar-refractivity contribution >= 4 is 28.1 Å². The highest BCUT2D eigenvalue weighted by atomic mass is 32.1. The monoisotopic (exact) mass is 342 g/mol. The van der Waals surface area contributed by atoms with Gasteiger partial charge >= 0.3 is 0 Å². The van der Waals surface area contributed by atoms with E-state index in [2.05, 4.69) is 10.3 Å². The lowest BCUT2D eigenvalue weighted by atomic mass is 10.1. The number of carbonyl (C=O) groups is 1. The summed E-state index contributed by atoms with van der Waals surface area (Å²) >= 11 is 1.56. The maximum absolute atomic E-state index is 12.2. The molecular formula is C18H18N2O3S. The van der Waals surface area contributed by atoms with Gasteiger partial charge in [-0.15, -0.1) is 11.3 Å². The first-order valence-corrected chi connectivity index (χ1v) is 8.53. The Labute approximate surface area is 143 Å². The number of nitrogens with one attached hydrogen (secondary N) is 2. The second kappa shape index (κ2) is 7.31. The molecule has 0 bridgehead atoms. The number of hydrogen-bond acceptors (Lipinski definition) is 4. The Morgan fingerprint density at radius 3 is 2.92 bits per heavy atom. The van der Waals surface area contributed by atoms with Gasteiger partial charge in [-0.05, 0) is 41.5 Å². The minimum absolute atomic E-state index is 0.0283. The van der Waals surface area contributed by atoms with Crippen LogP contribution >= 0.6 is 11.3 Å². The molecule has 3 aromatic rings. The van der Waals surface area contributed by atoms with Crippen molar-refractivity contribution in [2.24, 2.45) is 0 Å². The fraction of sp³-hybridized carbons (Fsp3) is 0.222. The average molecular weight is 342 g/mol. The van der Waals surface area contributed by atoms with Gasteiger partial charge in [-0.25, -0.2) is 0 Å². The molecule has 1 amide bonds. The topological polar surface area (TPSA) is 71.2 Å². The molecular weight excluding hydrogens is 324 g/mol. The largest absolute Gasteiger partial charge is 0.497 e. The van der Waals surface area contributed by atoms with E-state index < -0.39 is 0 Å². The molecule has 2 N–H and O–H groups in total. The molecule has 24 heavy (non-hydrogen) atoms. The zero-order valence-electron chi connectivity index (χ0n) is 13.3. The Kier molecular flexibility index (Phi) is 4.96. The van der Waals surface area contributed by atoms with Crippen molar-refractivity contribution in [3.63, 3.8) is 0 Å². The molecule has 0 spiro atoms. The van der Waals surface area contributed by atoms with Crippen LogP contribution in [0.3, 0.4) is 0 Å². The standard InChI is InChI=1S/C18H18N2O3S/c1-23-14-5-4-12-9-13(18(22)20-16(12)10-14)6-7-19-17(21)11-15-3-2-8-24-15/h2-5,8-10H,6-7,11H2,1H3,(H,19,21)(H,20,22). The fourth-order valence-electron chi connectivity index (χ4n) is 2.51. The zero-order chi connectivity index (χ0) is 16.9. The number of aromatic nitrogens is 1. The first-order valence-electron chi connectivity index (χ1n) is 7.65. The van der Waals surface area contributed by atoms with E-state index in [4.69, 9.17) is 4.74 Å². The van der Waals surface area contributed by atoms with Crippen LogP contribution in [0, 0.1) is 0 Å². The average Bonchev–Trinajstić information content (AvgIpc) is 3.07. The summed E-state index contributed by atoms with van der Waals surface area (Å²) in [5.41, 5.74) is 1.26. The van der Waals surface area contributed by atoms with E-state index in [0.29, 0.717) is 30.7 Å². The molecule has 6 heteroatoms. The van der Waals surface area contributed by atoms with Gasteiger partial charge in [-0.2, -0.15) is 0 Å². The van der Waals surface area contributed by atoms with Gasteiger partial charge in [-0.3, -0.25) is 9.59 Å². The number of methoxy groups -OCH3 is 1. The summed E-state index contributed by atoms with van der Waals surface area (Å²) in [5.74, 6) is 0.672. The van der Waals surface area contributed by atoms with Crippen LogP contribution in [0.25, 0.3) is 10.9 Å². The Balaban J connectivity index is 1.63. The van der Waals surface area contributed by atoms with Crippen LogP contribution in [0.4, 0.5) is 0 Å². The SMILES string of the molecule is COc1ccc2cc(CCNC(=O)Cc3cccs3)c(=O)[nH]c2c1. The predicted octanol–water partition coefficient (Wildman–Crippen LogP) is 2.50. The number of hydrogen-bond donors (Lipinski definition) is 2. The van der Waals surface area contributed by atoms with Crippen molar-refractivity contribution < 1.29 is 9.53 Å². The number of ether oxygens (including phenoxy) is 1. The summed E-state index contributed by atoms with van der Waals surface area (Å²) in [6.07, 6.45) is 0.874. The summed E-state index contributed by atoms with van der Waals surface area (Å²) in [4.78, 5) is 27.9. The zero-order valence-corrected chi connectivity index (χ0v) is 14.1. The van der Waals surface area contributed by atoms with Crippen molar-refractivity contribution in [3.8, 4) is 5.75 Å². The molecule has 0 fully saturated rings. The molecule has 0 aliphatic heterocycles. The molecule has 0 aliphatic carbocycles. The molecule has 124 valence electrons. The number of carbonyl (C=O) groups excluding carboxylic acids is 1. The van der Waals surface area contributed by atoms with E-state index in [1.165, 1.54) is 0 Å². The molecule has 5 nitrogen and oxygen atoms in total. The predicted molar refractivity (Wildman–Crippen MR) is 95.9 cm³/mol. The highest BCUT2D eigenvalue weighted by Gasteiger charge is 2.07.